The first-order valence-corrected chi connectivity index (χ1v) is 8.35. The van der Waals surface area contributed by atoms with Crippen molar-refractivity contribution in [1.82, 2.24) is 9.80 Å². The van der Waals surface area contributed by atoms with E-state index >= 15 is 0 Å². The van der Waals surface area contributed by atoms with Gasteiger partial charge in [0.15, 0.2) is 0 Å². The van der Waals surface area contributed by atoms with Crippen molar-refractivity contribution >= 4 is 17.1 Å². The molecule has 2 aliphatic heterocycles. The van der Waals surface area contributed by atoms with E-state index in [0.29, 0.717) is 25.3 Å². The molecule has 2 saturated heterocycles. The van der Waals surface area contributed by atoms with E-state index in [-0.39, 0.29) is 17.8 Å². The number of cyclic esters (lactones) is 1. The number of nitrogens with zero attached hydrogens (tertiary/aromatic N) is 2. The van der Waals surface area contributed by atoms with Gasteiger partial charge in [-0.05, 0) is 29.7 Å². The fourth-order valence-corrected chi connectivity index (χ4v) is 3.56. The van der Waals surface area contributed by atoms with Crippen LogP contribution in [0.4, 0.5) is 4.79 Å². The molecule has 1 unspecified atom stereocenters. The minimum atomic E-state index is -0.320. The third-order valence-electron chi connectivity index (χ3n) is 4.90. The van der Waals surface area contributed by atoms with Crippen molar-refractivity contribution in [1.29, 1.82) is 0 Å². The van der Waals surface area contributed by atoms with Crippen LogP contribution in [0.3, 0.4) is 0 Å². The van der Waals surface area contributed by atoms with Crippen molar-refractivity contribution in [2.45, 2.75) is 25.9 Å². The van der Waals surface area contributed by atoms with Crippen LogP contribution in [-0.4, -0.2) is 48.2 Å². The van der Waals surface area contributed by atoms with Crippen molar-refractivity contribution in [3.05, 3.63) is 45.8 Å². The minimum Gasteiger partial charge on any atom is -0.447 e. The van der Waals surface area contributed by atoms with E-state index in [9.17, 15) is 9.59 Å². The van der Waals surface area contributed by atoms with E-state index < -0.39 is 0 Å². The Kier molecular flexibility index (Phi) is 3.76. The zero-order valence-corrected chi connectivity index (χ0v) is 13.7. The number of ether oxygens (including phenoxy) is 1. The number of hydrogen-bond acceptors (Lipinski definition) is 5. The highest BCUT2D eigenvalue weighted by Crippen LogP contribution is 2.23. The van der Waals surface area contributed by atoms with E-state index in [1.165, 1.54) is 5.56 Å². The number of carbonyl (C=O) groups is 1. The van der Waals surface area contributed by atoms with Gasteiger partial charge in [-0.3, -0.25) is 9.80 Å². The maximum absolute atomic E-state index is 11.9. The number of carbonyl (C=O) groups excluding carboxylic acids is 1. The lowest BCUT2D eigenvalue weighted by Gasteiger charge is -2.35. The number of fused-ring (bicyclic) bond motifs is 2. The quantitative estimate of drug-likeness (QED) is 0.806. The van der Waals surface area contributed by atoms with Crippen LogP contribution in [0.2, 0.25) is 0 Å². The summed E-state index contributed by atoms with van der Waals surface area (Å²) in [6.45, 7) is 5.45. The molecule has 1 aromatic heterocycles. The molecule has 24 heavy (non-hydrogen) atoms. The van der Waals surface area contributed by atoms with Crippen LogP contribution in [0.15, 0.2) is 33.5 Å². The first-order valence-electron chi connectivity index (χ1n) is 8.35. The first-order chi connectivity index (χ1) is 11.6. The molecule has 2 aromatic rings. The van der Waals surface area contributed by atoms with Gasteiger partial charge in [-0.1, -0.05) is 13.0 Å². The van der Waals surface area contributed by atoms with Gasteiger partial charge in [0.2, 0.25) is 0 Å². The van der Waals surface area contributed by atoms with Crippen molar-refractivity contribution < 1.29 is 13.9 Å². The van der Waals surface area contributed by atoms with Crippen LogP contribution in [0.1, 0.15) is 18.1 Å². The molecule has 0 spiro atoms. The van der Waals surface area contributed by atoms with Gasteiger partial charge in [0.05, 0.1) is 6.04 Å². The zero-order chi connectivity index (χ0) is 16.7. The van der Waals surface area contributed by atoms with E-state index in [4.69, 9.17) is 9.15 Å². The second-order valence-electron chi connectivity index (χ2n) is 6.43. The van der Waals surface area contributed by atoms with Crippen LogP contribution in [0, 0.1) is 0 Å². The monoisotopic (exact) mass is 328 g/mol. The van der Waals surface area contributed by atoms with E-state index in [2.05, 4.69) is 17.9 Å². The van der Waals surface area contributed by atoms with Crippen LogP contribution >= 0.6 is 0 Å². The smallest absolute Gasteiger partial charge is 0.410 e. The fourth-order valence-electron chi connectivity index (χ4n) is 3.56. The molecule has 1 aromatic carbocycles. The normalized spacial score (nSPS) is 21.1. The third-order valence-corrected chi connectivity index (χ3v) is 4.90. The Bertz CT molecular complexity index is 845. The average Bonchev–Trinajstić information content (AvgIpc) is 2.95. The lowest BCUT2D eigenvalue weighted by atomic mass is 10.0. The van der Waals surface area contributed by atoms with Crippen LogP contribution < -0.4 is 5.63 Å². The zero-order valence-electron chi connectivity index (χ0n) is 13.7. The lowest BCUT2D eigenvalue weighted by Crippen LogP contribution is -2.51. The van der Waals surface area contributed by atoms with Crippen LogP contribution in [-0.2, 0) is 17.7 Å². The minimum absolute atomic E-state index is 0.115. The maximum Gasteiger partial charge on any atom is 0.410 e. The molecule has 1 atom stereocenters. The van der Waals surface area contributed by atoms with Crippen LogP contribution in [0.5, 0.6) is 0 Å². The predicted octanol–water partition coefficient (Wildman–Crippen LogP) is 1.99. The molecule has 0 N–H and O–H groups in total. The van der Waals surface area contributed by atoms with Crippen molar-refractivity contribution in [3.8, 4) is 0 Å². The summed E-state index contributed by atoms with van der Waals surface area (Å²) in [6, 6.07) is 7.68. The number of amides is 1. The largest absolute Gasteiger partial charge is 0.447 e. The van der Waals surface area contributed by atoms with Gasteiger partial charge < -0.3 is 9.15 Å². The summed E-state index contributed by atoms with van der Waals surface area (Å²) in [7, 11) is 0. The molecular formula is C18H20N2O4. The molecule has 0 radical (unpaired) electrons. The summed E-state index contributed by atoms with van der Waals surface area (Å²) in [4.78, 5) is 27.5. The molecular weight excluding hydrogens is 308 g/mol. The molecule has 6 nitrogen and oxygen atoms in total. The number of aryl methyl sites for hydroxylation is 1. The van der Waals surface area contributed by atoms with Crippen molar-refractivity contribution in [2.24, 2.45) is 0 Å². The van der Waals surface area contributed by atoms with Crippen molar-refractivity contribution in [3.63, 3.8) is 0 Å². The molecule has 0 aliphatic carbocycles. The summed E-state index contributed by atoms with van der Waals surface area (Å²) in [6.07, 6.45) is 0.729. The maximum atomic E-state index is 11.9. The molecule has 2 aliphatic rings. The molecule has 2 fully saturated rings. The summed E-state index contributed by atoms with van der Waals surface area (Å²) in [5.74, 6) is 0. The summed E-state index contributed by atoms with van der Waals surface area (Å²) >= 11 is 0. The second-order valence-corrected chi connectivity index (χ2v) is 6.43. The molecule has 0 saturated carbocycles. The Labute approximate surface area is 139 Å². The SMILES string of the molecule is CCc1ccc2oc(=O)cc(CN3CCN4C(=O)OCC4C3)c2c1. The van der Waals surface area contributed by atoms with Gasteiger partial charge in [0.1, 0.15) is 12.2 Å². The Morgan fingerprint density at radius 1 is 1.21 bits per heavy atom. The van der Waals surface area contributed by atoms with Gasteiger partial charge in [0.25, 0.3) is 0 Å². The van der Waals surface area contributed by atoms with Gasteiger partial charge >= 0.3 is 11.7 Å². The first kappa shape index (κ1) is 15.2. The van der Waals surface area contributed by atoms with Gasteiger partial charge in [0, 0.05) is 37.6 Å². The van der Waals surface area contributed by atoms with Crippen LogP contribution in [0.25, 0.3) is 11.0 Å². The highest BCUT2D eigenvalue weighted by atomic mass is 16.6. The second kappa shape index (κ2) is 5.94. The molecule has 0 bridgehead atoms. The predicted molar refractivity (Wildman–Crippen MR) is 89.0 cm³/mol. The Balaban J connectivity index is 1.62. The molecule has 1 amide bonds. The van der Waals surface area contributed by atoms with E-state index in [1.54, 1.807) is 11.0 Å². The number of rotatable bonds is 3. The Hall–Kier alpha value is -2.34. The Morgan fingerprint density at radius 2 is 2.08 bits per heavy atom. The third kappa shape index (κ3) is 2.67. The molecule has 6 heteroatoms. The number of hydrogen-bond donors (Lipinski definition) is 0. The number of benzene rings is 1. The van der Waals surface area contributed by atoms with Gasteiger partial charge in [-0.2, -0.15) is 0 Å². The highest BCUT2D eigenvalue weighted by Gasteiger charge is 2.37. The fraction of sp³-hybridized carbons (Fsp3) is 0.444. The molecule has 4 rings (SSSR count). The van der Waals surface area contributed by atoms with Gasteiger partial charge in [-0.25, -0.2) is 9.59 Å². The van der Waals surface area contributed by atoms with Crippen molar-refractivity contribution in [2.75, 3.05) is 26.2 Å². The molecule has 3 heterocycles. The topological polar surface area (TPSA) is 63.0 Å². The van der Waals surface area contributed by atoms with E-state index in [0.717, 1.165) is 30.5 Å². The summed E-state index contributed by atoms with van der Waals surface area (Å²) in [5.41, 5.74) is 2.51. The van der Waals surface area contributed by atoms with E-state index in [1.807, 2.05) is 12.1 Å². The highest BCUT2D eigenvalue weighted by molar-refractivity contribution is 5.81. The summed E-state index contributed by atoms with van der Waals surface area (Å²) in [5, 5.41) is 0.995. The lowest BCUT2D eigenvalue weighted by molar-refractivity contribution is 0.115. The van der Waals surface area contributed by atoms with Gasteiger partial charge in [-0.15, -0.1) is 0 Å². The molecule has 126 valence electrons. The summed E-state index contributed by atoms with van der Waals surface area (Å²) < 4.78 is 10.4. The Morgan fingerprint density at radius 3 is 2.92 bits per heavy atom. The number of piperazine rings is 1. The standard InChI is InChI=1S/C18H20N2O4/c1-2-12-3-4-16-15(7-12)13(8-17(21)24-16)9-19-5-6-20-14(10-19)11-23-18(20)22/h3-4,7-8,14H,2,5-6,9-11H2,1H3. The average molecular weight is 328 g/mol.